The number of halogens is 2. The Morgan fingerprint density at radius 3 is 2.63 bits per heavy atom. The minimum absolute atomic E-state index is 0.297. The first-order chi connectivity index (χ1) is 8.97. The van der Waals surface area contributed by atoms with Crippen LogP contribution in [0.15, 0.2) is 24.4 Å². The zero-order chi connectivity index (χ0) is 14.0. The van der Waals surface area contributed by atoms with Crippen LogP contribution >= 0.6 is 0 Å². The van der Waals surface area contributed by atoms with Gasteiger partial charge in [0.1, 0.15) is 18.2 Å². The molecular weight excluding hydrogens is 260 g/mol. The van der Waals surface area contributed by atoms with E-state index in [1.165, 1.54) is 0 Å². The van der Waals surface area contributed by atoms with E-state index in [4.69, 9.17) is 5.11 Å². The van der Waals surface area contributed by atoms with Crippen LogP contribution in [0.1, 0.15) is 20.8 Å². The van der Waals surface area contributed by atoms with Gasteiger partial charge in [-0.15, -0.1) is 5.10 Å². The molecule has 19 heavy (non-hydrogen) atoms. The average Bonchev–Trinajstić information content (AvgIpc) is 2.77. The second-order valence-corrected chi connectivity index (χ2v) is 3.65. The Bertz CT molecular complexity index is 654. The van der Waals surface area contributed by atoms with Gasteiger partial charge in [0.15, 0.2) is 11.5 Å². The Morgan fingerprint density at radius 2 is 2.05 bits per heavy atom. The first kappa shape index (κ1) is 12.8. The van der Waals surface area contributed by atoms with Crippen LogP contribution < -0.4 is 0 Å². The van der Waals surface area contributed by atoms with Crippen molar-refractivity contribution in [2.75, 3.05) is 0 Å². The van der Waals surface area contributed by atoms with Crippen LogP contribution in [0.3, 0.4) is 0 Å². The van der Waals surface area contributed by atoms with E-state index in [-0.39, 0.29) is 17.8 Å². The third-order valence-electron chi connectivity index (χ3n) is 2.29. The van der Waals surface area contributed by atoms with E-state index in [1.54, 1.807) is 0 Å². The molecule has 0 atom stereocenters. The van der Waals surface area contributed by atoms with Crippen LogP contribution in [0.25, 0.3) is 0 Å². The van der Waals surface area contributed by atoms with E-state index >= 15 is 0 Å². The topological polar surface area (TPSA) is 85.1 Å². The molecule has 1 heterocycles. The van der Waals surface area contributed by atoms with Gasteiger partial charge in [0, 0.05) is 6.07 Å². The van der Waals surface area contributed by atoms with E-state index in [0.29, 0.717) is 6.07 Å². The van der Waals surface area contributed by atoms with Crippen molar-refractivity contribution in [1.82, 2.24) is 15.0 Å². The molecule has 1 N–H and O–H groups in total. The van der Waals surface area contributed by atoms with Gasteiger partial charge in [-0.25, -0.2) is 18.3 Å². The number of carbonyl (C=O) groups excluding carboxylic acids is 1. The summed E-state index contributed by atoms with van der Waals surface area (Å²) in [6, 6.07) is 2.57. The Kier molecular flexibility index (Phi) is 3.32. The van der Waals surface area contributed by atoms with Crippen molar-refractivity contribution in [3.63, 3.8) is 0 Å². The molecule has 0 saturated heterocycles. The van der Waals surface area contributed by atoms with Gasteiger partial charge < -0.3 is 5.11 Å². The van der Waals surface area contributed by atoms with E-state index in [0.717, 1.165) is 23.0 Å². The summed E-state index contributed by atoms with van der Waals surface area (Å²) in [7, 11) is 0. The Labute approximate surface area is 105 Å². The van der Waals surface area contributed by atoms with Crippen LogP contribution in [0.4, 0.5) is 8.78 Å². The molecule has 0 bridgehead atoms. The highest BCUT2D eigenvalue weighted by atomic mass is 19.1. The number of carboxylic acids is 1. The van der Waals surface area contributed by atoms with Gasteiger partial charge in [-0.1, -0.05) is 5.21 Å². The third kappa shape index (κ3) is 2.79. The molecule has 8 heteroatoms. The van der Waals surface area contributed by atoms with Crippen LogP contribution in [-0.2, 0) is 6.54 Å². The fourth-order valence-electron chi connectivity index (χ4n) is 1.42. The van der Waals surface area contributed by atoms with Gasteiger partial charge in [-0.3, -0.25) is 4.79 Å². The summed E-state index contributed by atoms with van der Waals surface area (Å²) in [6.07, 6.45) is 1.04. The van der Waals surface area contributed by atoms with Crippen molar-refractivity contribution in [2.24, 2.45) is 0 Å². The number of Topliss-reactive ketones (excluding diaryl/α,β-unsaturated/α-hetero) is 1. The van der Waals surface area contributed by atoms with Gasteiger partial charge in [0.25, 0.3) is 0 Å². The van der Waals surface area contributed by atoms with E-state index in [9.17, 15) is 18.4 Å². The quantitative estimate of drug-likeness (QED) is 0.839. The van der Waals surface area contributed by atoms with E-state index < -0.39 is 23.4 Å². The molecule has 2 aromatic rings. The molecule has 0 aliphatic heterocycles. The number of hydrogen-bond acceptors (Lipinski definition) is 4. The number of benzene rings is 1. The Hall–Kier alpha value is -2.64. The molecular formula is C11H7F2N3O3. The molecule has 0 amide bonds. The Morgan fingerprint density at radius 1 is 1.32 bits per heavy atom. The predicted molar refractivity (Wildman–Crippen MR) is 57.7 cm³/mol. The monoisotopic (exact) mass is 267 g/mol. The molecule has 0 aliphatic carbocycles. The third-order valence-corrected chi connectivity index (χ3v) is 2.29. The molecule has 98 valence electrons. The number of rotatable bonds is 4. The molecule has 6 nitrogen and oxygen atoms in total. The molecule has 0 spiro atoms. The van der Waals surface area contributed by atoms with Gasteiger partial charge in [-0.05, 0) is 12.1 Å². The highest BCUT2D eigenvalue weighted by molar-refractivity contribution is 5.96. The lowest BCUT2D eigenvalue weighted by atomic mass is 10.1. The minimum atomic E-state index is -1.29. The molecule has 1 aromatic heterocycles. The van der Waals surface area contributed by atoms with Gasteiger partial charge in [0.05, 0.1) is 11.8 Å². The predicted octanol–water partition coefficient (Wildman–Crippen LogP) is 1.14. The number of hydrogen-bond donors (Lipinski definition) is 1. The lowest BCUT2D eigenvalue weighted by Gasteiger charge is -2.02. The van der Waals surface area contributed by atoms with Crippen molar-refractivity contribution in [1.29, 1.82) is 0 Å². The molecule has 0 unspecified atom stereocenters. The number of aromatic nitrogens is 3. The maximum absolute atomic E-state index is 13.3. The number of nitrogens with zero attached hydrogens (tertiary/aromatic N) is 3. The summed E-state index contributed by atoms with van der Waals surface area (Å²) in [5.41, 5.74) is -0.624. The molecule has 1 aromatic carbocycles. The maximum atomic E-state index is 13.3. The summed E-state index contributed by atoms with van der Waals surface area (Å²) in [4.78, 5) is 22.3. The highest BCUT2D eigenvalue weighted by Gasteiger charge is 2.15. The molecule has 0 saturated carbocycles. The number of carbonyl (C=O) groups is 2. The zero-order valence-corrected chi connectivity index (χ0v) is 9.38. The molecule has 0 aliphatic rings. The van der Waals surface area contributed by atoms with Crippen molar-refractivity contribution in [2.45, 2.75) is 6.54 Å². The second kappa shape index (κ2) is 4.92. The lowest BCUT2D eigenvalue weighted by Crippen LogP contribution is -2.12. The normalized spacial score (nSPS) is 10.4. The van der Waals surface area contributed by atoms with Gasteiger partial charge in [-0.2, -0.15) is 0 Å². The Balaban J connectivity index is 2.18. The summed E-state index contributed by atoms with van der Waals surface area (Å²) in [5.74, 6) is -3.72. The van der Waals surface area contributed by atoms with Crippen LogP contribution in [0, 0.1) is 11.6 Å². The molecule has 2 rings (SSSR count). The minimum Gasteiger partial charge on any atom is -0.476 e. The van der Waals surface area contributed by atoms with Crippen molar-refractivity contribution < 1.29 is 23.5 Å². The van der Waals surface area contributed by atoms with Gasteiger partial charge >= 0.3 is 5.97 Å². The fourth-order valence-corrected chi connectivity index (χ4v) is 1.42. The van der Waals surface area contributed by atoms with Crippen molar-refractivity contribution >= 4 is 11.8 Å². The van der Waals surface area contributed by atoms with Crippen LogP contribution in [-0.4, -0.2) is 31.9 Å². The lowest BCUT2D eigenvalue weighted by molar-refractivity contribution is 0.0690. The largest absolute Gasteiger partial charge is 0.476 e. The van der Waals surface area contributed by atoms with Gasteiger partial charge in [0.2, 0.25) is 0 Å². The van der Waals surface area contributed by atoms with E-state index in [1.807, 2.05) is 0 Å². The number of carboxylic acid groups (broad SMARTS) is 1. The molecule has 0 fully saturated rings. The van der Waals surface area contributed by atoms with Crippen LogP contribution in [0.5, 0.6) is 0 Å². The first-order valence-electron chi connectivity index (χ1n) is 5.09. The number of ketones is 1. The summed E-state index contributed by atoms with van der Waals surface area (Å²) < 4.78 is 27.0. The van der Waals surface area contributed by atoms with Crippen molar-refractivity contribution in [3.05, 3.63) is 47.3 Å². The fraction of sp³-hybridized carbons (Fsp3) is 0.0909. The van der Waals surface area contributed by atoms with Crippen LogP contribution in [0.2, 0.25) is 0 Å². The van der Waals surface area contributed by atoms with E-state index in [2.05, 4.69) is 10.3 Å². The highest BCUT2D eigenvalue weighted by Crippen LogP contribution is 2.11. The SMILES string of the molecule is O=C(O)c1cn(CC(=O)c2ccc(F)cc2F)nn1. The summed E-state index contributed by atoms with van der Waals surface area (Å²) >= 11 is 0. The smallest absolute Gasteiger partial charge is 0.358 e. The molecule has 0 radical (unpaired) electrons. The maximum Gasteiger partial charge on any atom is 0.358 e. The average molecular weight is 267 g/mol. The summed E-state index contributed by atoms with van der Waals surface area (Å²) in [6.45, 7) is -0.386. The second-order valence-electron chi connectivity index (χ2n) is 3.65. The van der Waals surface area contributed by atoms with Crippen molar-refractivity contribution in [3.8, 4) is 0 Å². The standard InChI is InChI=1S/C11H7F2N3O3/c12-6-1-2-7(8(13)3-6)10(17)5-16-4-9(11(18)19)14-15-16/h1-4H,5H2,(H,18,19). The zero-order valence-electron chi connectivity index (χ0n) is 9.38. The number of aromatic carboxylic acids is 1. The summed E-state index contributed by atoms with van der Waals surface area (Å²) in [5, 5.41) is 15.3. The first-order valence-corrected chi connectivity index (χ1v) is 5.09.